The summed E-state index contributed by atoms with van der Waals surface area (Å²) < 4.78 is 0. The van der Waals surface area contributed by atoms with E-state index in [0.717, 1.165) is 18.5 Å². The zero-order chi connectivity index (χ0) is 8.10. The lowest BCUT2D eigenvalue weighted by Gasteiger charge is -2.05. The van der Waals surface area contributed by atoms with Gasteiger partial charge in [-0.1, -0.05) is 6.92 Å². The lowest BCUT2D eigenvalue weighted by molar-refractivity contribution is 0.590. The number of nitrogens with zero attached hydrogens (tertiary/aromatic N) is 2. The normalized spacial score (nSPS) is 12.9. The SMILES string of the molecule is CC(CN)Cc1cncnc1. The van der Waals surface area contributed by atoms with Crippen LogP contribution in [-0.2, 0) is 6.42 Å². The van der Waals surface area contributed by atoms with Gasteiger partial charge in [0.1, 0.15) is 6.33 Å². The van der Waals surface area contributed by atoms with Crippen LogP contribution in [0.2, 0.25) is 0 Å². The molecule has 0 aliphatic heterocycles. The van der Waals surface area contributed by atoms with Crippen LogP contribution in [0.15, 0.2) is 18.7 Å². The highest BCUT2D eigenvalue weighted by atomic mass is 14.8. The van der Waals surface area contributed by atoms with Crippen LogP contribution >= 0.6 is 0 Å². The Kier molecular flexibility index (Phi) is 2.98. The van der Waals surface area contributed by atoms with Gasteiger partial charge in [-0.3, -0.25) is 0 Å². The van der Waals surface area contributed by atoms with Gasteiger partial charge in [-0.05, 0) is 24.4 Å². The second kappa shape index (κ2) is 4.03. The van der Waals surface area contributed by atoms with Gasteiger partial charge < -0.3 is 5.73 Å². The fourth-order valence-corrected chi connectivity index (χ4v) is 0.921. The largest absolute Gasteiger partial charge is 0.330 e. The Hall–Kier alpha value is -0.960. The third-order valence-electron chi connectivity index (χ3n) is 1.60. The molecule has 1 atom stereocenters. The highest BCUT2D eigenvalue weighted by Crippen LogP contribution is 2.03. The molecule has 1 heterocycles. The van der Waals surface area contributed by atoms with Gasteiger partial charge >= 0.3 is 0 Å². The molecule has 60 valence electrons. The van der Waals surface area contributed by atoms with E-state index in [2.05, 4.69) is 16.9 Å². The van der Waals surface area contributed by atoms with Gasteiger partial charge in [0.15, 0.2) is 0 Å². The Morgan fingerprint density at radius 3 is 2.64 bits per heavy atom. The zero-order valence-electron chi connectivity index (χ0n) is 6.70. The van der Waals surface area contributed by atoms with Gasteiger partial charge in [-0.25, -0.2) is 9.97 Å². The molecule has 0 aliphatic rings. The smallest absolute Gasteiger partial charge is 0.115 e. The number of hydrogen-bond donors (Lipinski definition) is 1. The number of aromatic nitrogens is 2. The van der Waals surface area contributed by atoms with Gasteiger partial charge in [0.05, 0.1) is 0 Å². The van der Waals surface area contributed by atoms with E-state index in [1.165, 1.54) is 6.33 Å². The molecule has 11 heavy (non-hydrogen) atoms. The van der Waals surface area contributed by atoms with Crippen LogP contribution in [0.1, 0.15) is 12.5 Å². The Morgan fingerprint density at radius 2 is 2.09 bits per heavy atom. The summed E-state index contributed by atoms with van der Waals surface area (Å²) in [6.07, 6.45) is 6.17. The van der Waals surface area contributed by atoms with Crippen LogP contribution in [0.5, 0.6) is 0 Å². The molecule has 0 aromatic carbocycles. The third kappa shape index (κ3) is 2.63. The van der Waals surface area contributed by atoms with Crippen LogP contribution in [0.3, 0.4) is 0 Å². The van der Waals surface area contributed by atoms with E-state index in [4.69, 9.17) is 5.73 Å². The van der Waals surface area contributed by atoms with E-state index in [1.54, 1.807) is 0 Å². The van der Waals surface area contributed by atoms with Crippen molar-refractivity contribution in [2.45, 2.75) is 13.3 Å². The van der Waals surface area contributed by atoms with Crippen LogP contribution < -0.4 is 5.73 Å². The van der Waals surface area contributed by atoms with E-state index in [9.17, 15) is 0 Å². The Labute approximate surface area is 66.7 Å². The van der Waals surface area contributed by atoms with Crippen molar-refractivity contribution in [2.24, 2.45) is 11.7 Å². The van der Waals surface area contributed by atoms with Crippen LogP contribution in [0, 0.1) is 5.92 Å². The molecule has 1 aromatic rings. The van der Waals surface area contributed by atoms with Gasteiger partial charge in [0.2, 0.25) is 0 Å². The van der Waals surface area contributed by atoms with Gasteiger partial charge in [-0.15, -0.1) is 0 Å². The quantitative estimate of drug-likeness (QED) is 0.688. The molecule has 0 fully saturated rings. The lowest BCUT2D eigenvalue weighted by atomic mass is 10.0. The zero-order valence-corrected chi connectivity index (χ0v) is 6.70. The minimum atomic E-state index is 0.515. The molecular formula is C8H13N3. The maximum Gasteiger partial charge on any atom is 0.115 e. The summed E-state index contributed by atoms with van der Waals surface area (Å²) in [4.78, 5) is 7.84. The van der Waals surface area contributed by atoms with Crippen molar-refractivity contribution >= 4 is 0 Å². The Bertz CT molecular complexity index is 198. The molecule has 0 saturated heterocycles. The topological polar surface area (TPSA) is 51.8 Å². The van der Waals surface area contributed by atoms with Crippen LogP contribution in [0.25, 0.3) is 0 Å². The van der Waals surface area contributed by atoms with Crippen LogP contribution in [-0.4, -0.2) is 16.5 Å². The molecule has 1 unspecified atom stereocenters. The standard InChI is InChI=1S/C8H13N3/c1-7(3-9)2-8-4-10-6-11-5-8/h4-7H,2-3,9H2,1H3. The fourth-order valence-electron chi connectivity index (χ4n) is 0.921. The molecule has 2 N–H and O–H groups in total. The Balaban J connectivity index is 2.51. The summed E-state index contributed by atoms with van der Waals surface area (Å²) in [5.41, 5.74) is 6.64. The summed E-state index contributed by atoms with van der Waals surface area (Å²) in [5, 5.41) is 0. The first-order chi connectivity index (χ1) is 5.33. The molecule has 0 bridgehead atoms. The van der Waals surface area contributed by atoms with Crippen molar-refractivity contribution in [3.63, 3.8) is 0 Å². The molecule has 3 nitrogen and oxygen atoms in total. The number of rotatable bonds is 3. The van der Waals surface area contributed by atoms with Crippen molar-refractivity contribution < 1.29 is 0 Å². The lowest BCUT2D eigenvalue weighted by Crippen LogP contribution is -2.13. The first-order valence-electron chi connectivity index (χ1n) is 3.77. The maximum atomic E-state index is 5.48. The molecule has 0 radical (unpaired) electrons. The average molecular weight is 151 g/mol. The second-order valence-electron chi connectivity index (χ2n) is 2.79. The van der Waals surface area contributed by atoms with E-state index in [-0.39, 0.29) is 0 Å². The van der Waals surface area contributed by atoms with E-state index in [1.807, 2.05) is 12.4 Å². The van der Waals surface area contributed by atoms with Crippen molar-refractivity contribution in [1.29, 1.82) is 0 Å². The summed E-state index contributed by atoms with van der Waals surface area (Å²) in [6.45, 7) is 2.84. The van der Waals surface area contributed by atoms with E-state index >= 15 is 0 Å². The summed E-state index contributed by atoms with van der Waals surface area (Å²) in [5.74, 6) is 0.515. The molecular weight excluding hydrogens is 138 g/mol. The first kappa shape index (κ1) is 8.14. The maximum absolute atomic E-state index is 5.48. The summed E-state index contributed by atoms with van der Waals surface area (Å²) in [6, 6.07) is 0. The molecule has 0 amide bonds. The highest BCUT2D eigenvalue weighted by Gasteiger charge is 2.00. The van der Waals surface area contributed by atoms with E-state index in [0.29, 0.717) is 5.92 Å². The highest BCUT2D eigenvalue weighted by molar-refractivity contribution is 5.03. The fraction of sp³-hybridized carbons (Fsp3) is 0.500. The minimum absolute atomic E-state index is 0.515. The second-order valence-corrected chi connectivity index (χ2v) is 2.79. The predicted molar refractivity (Wildman–Crippen MR) is 44.0 cm³/mol. The van der Waals surface area contributed by atoms with Gasteiger partial charge in [0, 0.05) is 12.4 Å². The molecule has 0 aliphatic carbocycles. The van der Waals surface area contributed by atoms with Gasteiger partial charge in [0.25, 0.3) is 0 Å². The third-order valence-corrected chi connectivity index (χ3v) is 1.60. The summed E-state index contributed by atoms with van der Waals surface area (Å²) >= 11 is 0. The van der Waals surface area contributed by atoms with Gasteiger partial charge in [-0.2, -0.15) is 0 Å². The number of nitrogens with two attached hydrogens (primary N) is 1. The molecule has 0 spiro atoms. The number of hydrogen-bond acceptors (Lipinski definition) is 3. The minimum Gasteiger partial charge on any atom is -0.330 e. The van der Waals surface area contributed by atoms with Crippen molar-refractivity contribution in [1.82, 2.24) is 9.97 Å². The van der Waals surface area contributed by atoms with Crippen molar-refractivity contribution in [3.8, 4) is 0 Å². The van der Waals surface area contributed by atoms with Crippen LogP contribution in [0.4, 0.5) is 0 Å². The Morgan fingerprint density at radius 1 is 1.45 bits per heavy atom. The summed E-state index contributed by atoms with van der Waals surface area (Å²) in [7, 11) is 0. The van der Waals surface area contributed by atoms with E-state index < -0.39 is 0 Å². The molecule has 1 rings (SSSR count). The average Bonchev–Trinajstić information content (AvgIpc) is 2.06. The molecule has 1 aromatic heterocycles. The van der Waals surface area contributed by atoms with Crippen molar-refractivity contribution in [2.75, 3.05) is 6.54 Å². The first-order valence-corrected chi connectivity index (χ1v) is 3.77. The molecule has 3 heteroatoms. The van der Waals surface area contributed by atoms with Crippen molar-refractivity contribution in [3.05, 3.63) is 24.3 Å². The predicted octanol–water partition coefficient (Wildman–Crippen LogP) is 0.614. The molecule has 0 saturated carbocycles. The monoisotopic (exact) mass is 151 g/mol.